The third-order valence-electron chi connectivity index (χ3n) is 4.75. The summed E-state index contributed by atoms with van der Waals surface area (Å²) in [5, 5.41) is 12.7. The minimum atomic E-state index is -4.75. The number of nitriles is 1. The number of nitrogens with one attached hydrogen (secondary N) is 2. The lowest BCUT2D eigenvalue weighted by Crippen LogP contribution is -2.47. The molecule has 36 heavy (non-hydrogen) atoms. The second-order valence-electron chi connectivity index (χ2n) is 7.50. The molecule has 0 aliphatic heterocycles. The molecule has 5 nitrogen and oxygen atoms in total. The van der Waals surface area contributed by atoms with Crippen LogP contribution in [0.25, 0.3) is 6.08 Å². The average Bonchev–Trinajstić information content (AvgIpc) is 2.77. The molecule has 0 heterocycles. The lowest BCUT2D eigenvalue weighted by atomic mass is 9.95. The van der Waals surface area contributed by atoms with Crippen molar-refractivity contribution in [3.05, 3.63) is 75.0 Å². The first-order valence-corrected chi connectivity index (χ1v) is 10.8. The van der Waals surface area contributed by atoms with Crippen LogP contribution in [0.4, 0.5) is 30.7 Å². The number of carbonyl (C=O) groups is 2. The van der Waals surface area contributed by atoms with Crippen molar-refractivity contribution in [1.82, 2.24) is 10.6 Å². The first kappa shape index (κ1) is 28.8. The number of nitrogens with zero attached hydrogens (tertiary/aromatic N) is 1. The second-order valence-corrected chi connectivity index (χ2v) is 8.35. The van der Waals surface area contributed by atoms with Crippen molar-refractivity contribution < 1.29 is 40.3 Å². The van der Waals surface area contributed by atoms with E-state index in [9.17, 15) is 40.3 Å². The Balaban J connectivity index is 2.18. The van der Waals surface area contributed by atoms with Crippen molar-refractivity contribution in [2.45, 2.75) is 31.2 Å². The molecule has 2 aromatic rings. The van der Waals surface area contributed by atoms with Gasteiger partial charge < -0.3 is 10.6 Å². The third-order valence-corrected chi connectivity index (χ3v) is 5.40. The fraction of sp³-hybridized carbons (Fsp3) is 0.261. The van der Waals surface area contributed by atoms with Crippen LogP contribution < -0.4 is 10.6 Å². The average molecular weight is 580 g/mol. The standard InChI is InChI=1S/C23H17BrF7N3O2/c1-12(20(35)33-11-22(26,27)28)34-21(36)16-5-2-13(8-18(16)24)3-6-17(23(29,30)31)14-4-7-19(25)15(9-14)10-32/h2-9,12,17H,11H2,1H3,(H,33,35)(H,34,36)/b6-3+. The molecule has 0 aliphatic carbocycles. The van der Waals surface area contributed by atoms with E-state index in [1.807, 2.05) is 0 Å². The van der Waals surface area contributed by atoms with Gasteiger partial charge in [-0.15, -0.1) is 0 Å². The van der Waals surface area contributed by atoms with Gasteiger partial charge in [-0.2, -0.15) is 31.6 Å². The zero-order chi connectivity index (χ0) is 27.3. The Morgan fingerprint density at radius 2 is 1.78 bits per heavy atom. The maximum Gasteiger partial charge on any atom is 0.405 e. The number of rotatable bonds is 7. The zero-order valence-corrected chi connectivity index (χ0v) is 19.9. The number of halogens is 8. The lowest BCUT2D eigenvalue weighted by Gasteiger charge is -2.18. The smallest absolute Gasteiger partial charge is 0.345 e. The van der Waals surface area contributed by atoms with Gasteiger partial charge in [0.15, 0.2) is 0 Å². The van der Waals surface area contributed by atoms with E-state index in [2.05, 4.69) is 21.2 Å². The minimum absolute atomic E-state index is 0.0211. The molecule has 0 bridgehead atoms. The van der Waals surface area contributed by atoms with Crippen LogP contribution in [0, 0.1) is 17.1 Å². The van der Waals surface area contributed by atoms with Crippen molar-refractivity contribution in [1.29, 1.82) is 5.26 Å². The van der Waals surface area contributed by atoms with Crippen molar-refractivity contribution >= 4 is 33.8 Å². The summed E-state index contributed by atoms with van der Waals surface area (Å²) in [7, 11) is 0. The highest BCUT2D eigenvalue weighted by Gasteiger charge is 2.39. The Labute approximate surface area is 209 Å². The van der Waals surface area contributed by atoms with E-state index in [0.717, 1.165) is 30.4 Å². The molecule has 2 unspecified atom stereocenters. The molecule has 2 atom stereocenters. The number of hydrogen-bond donors (Lipinski definition) is 2. The molecule has 0 saturated heterocycles. The summed E-state index contributed by atoms with van der Waals surface area (Å²) in [5.41, 5.74) is -0.655. The molecule has 2 amide bonds. The van der Waals surface area contributed by atoms with Gasteiger partial charge in [0.05, 0.1) is 17.0 Å². The Kier molecular flexibility index (Phi) is 9.26. The van der Waals surface area contributed by atoms with Gasteiger partial charge in [-0.05, 0) is 58.2 Å². The van der Waals surface area contributed by atoms with Gasteiger partial charge in [-0.1, -0.05) is 24.3 Å². The van der Waals surface area contributed by atoms with E-state index >= 15 is 0 Å². The Bertz CT molecular complexity index is 1200. The van der Waals surface area contributed by atoms with Crippen LogP contribution in [-0.2, 0) is 4.79 Å². The summed E-state index contributed by atoms with van der Waals surface area (Å²) in [5.74, 6) is -4.97. The van der Waals surface area contributed by atoms with Crippen LogP contribution in [0.2, 0.25) is 0 Å². The van der Waals surface area contributed by atoms with Crippen molar-refractivity contribution in [3.63, 3.8) is 0 Å². The molecule has 192 valence electrons. The van der Waals surface area contributed by atoms with Gasteiger partial charge in [-0.25, -0.2) is 4.39 Å². The molecule has 0 aliphatic rings. The second kappa shape index (κ2) is 11.6. The van der Waals surface area contributed by atoms with Gasteiger partial charge in [0.1, 0.15) is 24.5 Å². The van der Waals surface area contributed by atoms with Crippen LogP contribution in [0.3, 0.4) is 0 Å². The Hall–Kier alpha value is -3.40. The van der Waals surface area contributed by atoms with Crippen LogP contribution in [0.15, 0.2) is 46.9 Å². The lowest BCUT2D eigenvalue weighted by molar-refractivity contribution is -0.139. The van der Waals surface area contributed by atoms with Gasteiger partial charge >= 0.3 is 12.4 Å². The molecule has 2 N–H and O–H groups in total. The highest BCUT2D eigenvalue weighted by Crippen LogP contribution is 2.37. The summed E-state index contributed by atoms with van der Waals surface area (Å²) in [6, 6.07) is 6.57. The van der Waals surface area contributed by atoms with Crippen molar-refractivity contribution in [2.75, 3.05) is 6.54 Å². The molecule has 0 radical (unpaired) electrons. The van der Waals surface area contributed by atoms with Gasteiger partial charge in [-0.3, -0.25) is 9.59 Å². The molecular formula is C23H17BrF7N3O2. The van der Waals surface area contributed by atoms with E-state index in [1.165, 1.54) is 31.2 Å². The number of amides is 2. The van der Waals surface area contributed by atoms with Crippen LogP contribution in [-0.4, -0.2) is 36.8 Å². The summed E-state index contributed by atoms with van der Waals surface area (Å²) < 4.78 is 91.2. The molecular weight excluding hydrogens is 563 g/mol. The topological polar surface area (TPSA) is 82.0 Å². The predicted molar refractivity (Wildman–Crippen MR) is 119 cm³/mol. The first-order chi connectivity index (χ1) is 16.6. The number of hydrogen-bond acceptors (Lipinski definition) is 3. The maximum atomic E-state index is 13.6. The number of allylic oxidation sites excluding steroid dienone is 1. The van der Waals surface area contributed by atoms with E-state index in [1.54, 1.807) is 5.32 Å². The first-order valence-electron chi connectivity index (χ1n) is 10.0. The van der Waals surface area contributed by atoms with Crippen molar-refractivity contribution in [3.8, 4) is 6.07 Å². The fourth-order valence-corrected chi connectivity index (χ4v) is 3.51. The molecule has 0 saturated carbocycles. The van der Waals surface area contributed by atoms with Crippen molar-refractivity contribution in [2.24, 2.45) is 0 Å². The third kappa shape index (κ3) is 8.08. The SMILES string of the molecule is CC(NC(=O)c1ccc(/C=C/C(c2ccc(F)c(C#N)c2)C(F)(F)F)cc1Br)C(=O)NCC(F)(F)F. The Morgan fingerprint density at radius 3 is 2.33 bits per heavy atom. The van der Waals surface area contributed by atoms with E-state index in [0.29, 0.717) is 0 Å². The number of benzene rings is 2. The van der Waals surface area contributed by atoms with Gasteiger partial charge in [0.2, 0.25) is 5.91 Å². The van der Waals surface area contributed by atoms with Crippen LogP contribution in [0.5, 0.6) is 0 Å². The quantitative estimate of drug-likeness (QED) is 0.418. The van der Waals surface area contributed by atoms with E-state index in [4.69, 9.17) is 5.26 Å². The summed E-state index contributed by atoms with van der Waals surface area (Å²) in [6.45, 7) is -0.384. The van der Waals surface area contributed by atoms with E-state index < -0.39 is 54.1 Å². The minimum Gasteiger partial charge on any atom is -0.345 e. The number of carbonyl (C=O) groups excluding carboxylic acids is 2. The fourth-order valence-electron chi connectivity index (χ4n) is 2.94. The van der Waals surface area contributed by atoms with Crippen LogP contribution >= 0.6 is 15.9 Å². The number of alkyl halides is 6. The predicted octanol–water partition coefficient (Wildman–Crippen LogP) is 5.62. The highest BCUT2D eigenvalue weighted by atomic mass is 79.9. The Morgan fingerprint density at radius 1 is 1.11 bits per heavy atom. The molecule has 0 spiro atoms. The van der Waals surface area contributed by atoms with Crippen LogP contribution in [0.1, 0.15) is 39.9 Å². The molecule has 13 heteroatoms. The molecule has 2 aromatic carbocycles. The molecule has 0 fully saturated rings. The largest absolute Gasteiger partial charge is 0.405 e. The van der Waals surface area contributed by atoms with Gasteiger partial charge in [0, 0.05) is 4.47 Å². The monoisotopic (exact) mass is 579 g/mol. The molecule has 0 aromatic heterocycles. The zero-order valence-electron chi connectivity index (χ0n) is 18.3. The molecule has 2 rings (SSSR count). The summed E-state index contributed by atoms with van der Waals surface area (Å²) in [6.07, 6.45) is -7.44. The normalized spacial score (nSPS) is 13.7. The summed E-state index contributed by atoms with van der Waals surface area (Å²) >= 11 is 3.11. The summed E-state index contributed by atoms with van der Waals surface area (Å²) in [4.78, 5) is 24.1. The highest BCUT2D eigenvalue weighted by molar-refractivity contribution is 9.10. The van der Waals surface area contributed by atoms with E-state index in [-0.39, 0.29) is 21.2 Å². The maximum absolute atomic E-state index is 13.6. The van der Waals surface area contributed by atoms with Gasteiger partial charge in [0.25, 0.3) is 5.91 Å².